The van der Waals surface area contributed by atoms with Crippen LogP contribution in [0.1, 0.15) is 21.8 Å². The van der Waals surface area contributed by atoms with Crippen LogP contribution in [0.15, 0.2) is 40.9 Å². The monoisotopic (exact) mass is 406 g/mol. The Morgan fingerprint density at radius 3 is 2.76 bits per heavy atom. The van der Waals surface area contributed by atoms with Crippen molar-refractivity contribution in [2.45, 2.75) is 20.1 Å². The minimum Gasteiger partial charge on any atom is -0.507 e. The molecule has 1 heterocycles. The molecule has 0 aliphatic carbocycles. The number of aromatic hydroxyl groups is 1. The molecule has 0 bridgehead atoms. The minimum absolute atomic E-state index is 0.00682. The summed E-state index contributed by atoms with van der Waals surface area (Å²) in [5, 5.41) is 13.7. The van der Waals surface area contributed by atoms with E-state index in [0.29, 0.717) is 11.1 Å². The number of halogens is 2. The first-order valence-corrected chi connectivity index (χ1v) is 8.30. The van der Waals surface area contributed by atoms with Gasteiger partial charge in [0.05, 0.1) is 7.11 Å². The number of aryl methyl sites for hydroxylation is 1. The molecule has 1 N–H and O–H groups in total. The number of rotatable bonds is 7. The average Bonchev–Trinajstić information content (AvgIpc) is 3.17. The Hall–Kier alpha value is -3.69. The number of para-hydroxylation sites is 1. The Labute approximate surface area is 163 Å². The van der Waals surface area contributed by atoms with Crippen LogP contribution in [-0.2, 0) is 11.3 Å². The molecule has 29 heavy (non-hydrogen) atoms. The molecule has 0 aliphatic heterocycles. The summed E-state index contributed by atoms with van der Waals surface area (Å²) in [5.74, 6) is -0.843. The lowest BCUT2D eigenvalue weighted by molar-refractivity contribution is -0.0512. The van der Waals surface area contributed by atoms with Gasteiger partial charge in [0.2, 0.25) is 5.82 Å². The molecule has 10 heteroatoms. The SMILES string of the molecule is COc1cc(-c2noc(COC(=O)c3cccc(C)c3O)n2)ccc1OC(F)F. The summed E-state index contributed by atoms with van der Waals surface area (Å²) in [4.78, 5) is 16.2. The highest BCUT2D eigenvalue weighted by Gasteiger charge is 2.18. The molecule has 0 atom stereocenters. The summed E-state index contributed by atoms with van der Waals surface area (Å²) >= 11 is 0. The summed E-state index contributed by atoms with van der Waals surface area (Å²) in [5.41, 5.74) is 0.970. The lowest BCUT2D eigenvalue weighted by atomic mass is 10.1. The van der Waals surface area contributed by atoms with Gasteiger partial charge < -0.3 is 23.8 Å². The van der Waals surface area contributed by atoms with Crippen LogP contribution in [0.5, 0.6) is 17.2 Å². The summed E-state index contributed by atoms with van der Waals surface area (Å²) in [6, 6.07) is 8.85. The van der Waals surface area contributed by atoms with Crippen LogP contribution < -0.4 is 9.47 Å². The van der Waals surface area contributed by atoms with Crippen LogP contribution in [0, 0.1) is 6.92 Å². The number of esters is 1. The molecule has 0 fully saturated rings. The highest BCUT2D eigenvalue weighted by Crippen LogP contribution is 2.32. The van der Waals surface area contributed by atoms with Crippen molar-refractivity contribution in [3.8, 4) is 28.6 Å². The summed E-state index contributed by atoms with van der Waals surface area (Å²) in [6.45, 7) is -1.65. The molecule has 0 saturated heterocycles. The second-order valence-corrected chi connectivity index (χ2v) is 5.80. The zero-order valence-electron chi connectivity index (χ0n) is 15.4. The van der Waals surface area contributed by atoms with Crippen LogP contribution in [-0.4, -0.2) is 34.9 Å². The van der Waals surface area contributed by atoms with E-state index in [9.17, 15) is 18.7 Å². The van der Waals surface area contributed by atoms with Crippen molar-refractivity contribution in [3.05, 3.63) is 53.4 Å². The molecule has 0 aliphatic rings. The lowest BCUT2D eigenvalue weighted by Crippen LogP contribution is -2.06. The third kappa shape index (κ3) is 4.60. The van der Waals surface area contributed by atoms with Gasteiger partial charge in [-0.1, -0.05) is 17.3 Å². The molecule has 2 aromatic carbocycles. The topological polar surface area (TPSA) is 104 Å². The fraction of sp³-hybridized carbons (Fsp3) is 0.211. The predicted octanol–water partition coefficient (Wildman–Crippen LogP) is 3.72. The van der Waals surface area contributed by atoms with Gasteiger partial charge in [0.25, 0.3) is 5.89 Å². The third-order valence-corrected chi connectivity index (χ3v) is 3.89. The highest BCUT2D eigenvalue weighted by molar-refractivity contribution is 5.92. The number of ether oxygens (including phenoxy) is 3. The largest absolute Gasteiger partial charge is 0.507 e. The van der Waals surface area contributed by atoms with E-state index in [0.717, 1.165) is 0 Å². The Balaban J connectivity index is 1.71. The predicted molar refractivity (Wildman–Crippen MR) is 94.9 cm³/mol. The number of hydrogen-bond donors (Lipinski definition) is 1. The number of benzene rings is 2. The fourth-order valence-electron chi connectivity index (χ4n) is 2.46. The maximum Gasteiger partial charge on any atom is 0.387 e. The number of methoxy groups -OCH3 is 1. The van der Waals surface area contributed by atoms with Gasteiger partial charge in [-0.3, -0.25) is 0 Å². The van der Waals surface area contributed by atoms with E-state index in [1.807, 2.05) is 0 Å². The molecule has 0 spiro atoms. The van der Waals surface area contributed by atoms with Crippen molar-refractivity contribution in [3.63, 3.8) is 0 Å². The van der Waals surface area contributed by atoms with Gasteiger partial charge in [0.15, 0.2) is 18.1 Å². The number of phenols is 1. The Morgan fingerprint density at radius 2 is 2.03 bits per heavy atom. The molecule has 0 amide bonds. The normalized spacial score (nSPS) is 10.8. The number of hydrogen-bond acceptors (Lipinski definition) is 8. The molecule has 8 nitrogen and oxygen atoms in total. The van der Waals surface area contributed by atoms with Crippen LogP contribution in [0.25, 0.3) is 11.4 Å². The Morgan fingerprint density at radius 1 is 1.24 bits per heavy atom. The van der Waals surface area contributed by atoms with Crippen LogP contribution in [0.2, 0.25) is 0 Å². The van der Waals surface area contributed by atoms with E-state index < -0.39 is 12.6 Å². The van der Waals surface area contributed by atoms with Gasteiger partial charge in [-0.05, 0) is 36.8 Å². The number of carbonyl (C=O) groups excluding carboxylic acids is 1. The van der Waals surface area contributed by atoms with Gasteiger partial charge in [-0.15, -0.1) is 0 Å². The number of aromatic nitrogens is 2. The fourth-order valence-corrected chi connectivity index (χ4v) is 2.46. The van der Waals surface area contributed by atoms with E-state index in [-0.39, 0.29) is 41.1 Å². The quantitative estimate of drug-likeness (QED) is 0.592. The van der Waals surface area contributed by atoms with Gasteiger partial charge >= 0.3 is 12.6 Å². The first-order chi connectivity index (χ1) is 13.9. The first-order valence-electron chi connectivity index (χ1n) is 8.30. The zero-order chi connectivity index (χ0) is 21.0. The number of carbonyl (C=O) groups is 1. The average molecular weight is 406 g/mol. The standard InChI is InChI=1S/C19H16F2N2O6/c1-10-4-3-5-12(16(10)24)18(25)27-9-15-22-17(23-29-15)11-6-7-13(28-19(20)21)14(8-11)26-2/h3-8,19,24H,9H2,1-2H3. The Bertz CT molecular complexity index is 1020. The van der Waals surface area contributed by atoms with E-state index in [1.54, 1.807) is 19.1 Å². The maximum atomic E-state index is 12.4. The van der Waals surface area contributed by atoms with Gasteiger partial charge in [-0.2, -0.15) is 13.8 Å². The summed E-state index contributed by atoms with van der Waals surface area (Å²) in [6.07, 6.45) is 0. The molecule has 1 aromatic heterocycles. The smallest absolute Gasteiger partial charge is 0.387 e. The maximum absolute atomic E-state index is 12.4. The molecule has 0 radical (unpaired) electrons. The molecule has 0 unspecified atom stereocenters. The van der Waals surface area contributed by atoms with Crippen molar-refractivity contribution in [1.82, 2.24) is 10.1 Å². The van der Waals surface area contributed by atoms with Gasteiger partial charge in [-0.25, -0.2) is 4.79 Å². The molecule has 3 rings (SSSR count). The highest BCUT2D eigenvalue weighted by atomic mass is 19.3. The number of nitrogens with zero attached hydrogens (tertiary/aromatic N) is 2. The summed E-state index contributed by atoms with van der Waals surface area (Å²) in [7, 11) is 1.30. The van der Waals surface area contributed by atoms with E-state index >= 15 is 0 Å². The number of phenolic OH excluding ortho intramolecular Hbond substituents is 1. The van der Waals surface area contributed by atoms with Crippen molar-refractivity contribution in [1.29, 1.82) is 0 Å². The second kappa shape index (κ2) is 8.55. The van der Waals surface area contributed by atoms with Crippen molar-refractivity contribution < 1.29 is 37.4 Å². The lowest BCUT2D eigenvalue weighted by Gasteiger charge is -2.10. The van der Waals surface area contributed by atoms with Crippen LogP contribution >= 0.6 is 0 Å². The minimum atomic E-state index is -2.99. The van der Waals surface area contributed by atoms with Crippen LogP contribution in [0.4, 0.5) is 8.78 Å². The van der Waals surface area contributed by atoms with E-state index in [1.165, 1.54) is 31.4 Å². The summed E-state index contributed by atoms with van der Waals surface area (Å²) < 4.78 is 44.3. The van der Waals surface area contributed by atoms with E-state index in [2.05, 4.69) is 14.9 Å². The van der Waals surface area contributed by atoms with Gasteiger partial charge in [0, 0.05) is 5.56 Å². The van der Waals surface area contributed by atoms with Crippen molar-refractivity contribution in [2.75, 3.05) is 7.11 Å². The second-order valence-electron chi connectivity index (χ2n) is 5.80. The van der Waals surface area contributed by atoms with E-state index in [4.69, 9.17) is 14.0 Å². The number of alkyl halides is 2. The third-order valence-electron chi connectivity index (χ3n) is 3.89. The first kappa shape index (κ1) is 20.1. The molecular weight excluding hydrogens is 390 g/mol. The van der Waals surface area contributed by atoms with Crippen LogP contribution in [0.3, 0.4) is 0 Å². The van der Waals surface area contributed by atoms with Crippen molar-refractivity contribution in [2.24, 2.45) is 0 Å². The Kier molecular flexibility index (Phi) is 5.91. The molecule has 152 valence electrons. The van der Waals surface area contributed by atoms with Crippen molar-refractivity contribution >= 4 is 5.97 Å². The van der Waals surface area contributed by atoms with Gasteiger partial charge in [0.1, 0.15) is 11.3 Å². The zero-order valence-corrected chi connectivity index (χ0v) is 15.4. The molecular formula is C19H16F2N2O6. The molecule has 3 aromatic rings. The molecule has 0 saturated carbocycles.